The van der Waals surface area contributed by atoms with Crippen LogP contribution in [0.5, 0.6) is 11.5 Å². The van der Waals surface area contributed by atoms with Crippen LogP contribution in [0.1, 0.15) is 40.7 Å². The molecule has 1 aliphatic carbocycles. The third-order valence-electron chi connectivity index (χ3n) is 5.33. The number of aryl methyl sites for hydroxylation is 1. The molecule has 2 aromatic rings. The molecule has 1 saturated heterocycles. The standard InChI is InChI=1S/C21H24N2O3/c22-16-5-3-14-4-6-17(12-15(14)11-16)26-18-7-8-20(19(13-18)21(24)25)23-9-1-2-10-23/h4,6-8,12-13,16H,1-3,5,9-11,22H2,(H,24,25)/t16-/m0/s1. The van der Waals surface area contributed by atoms with Crippen LogP contribution in [0.3, 0.4) is 0 Å². The third kappa shape index (κ3) is 3.40. The van der Waals surface area contributed by atoms with Crippen molar-refractivity contribution in [1.29, 1.82) is 0 Å². The van der Waals surface area contributed by atoms with Crippen LogP contribution in [-0.4, -0.2) is 30.2 Å². The molecule has 0 spiro atoms. The first kappa shape index (κ1) is 16.9. The second-order valence-electron chi connectivity index (χ2n) is 7.21. The van der Waals surface area contributed by atoms with Crippen molar-refractivity contribution in [3.05, 3.63) is 53.1 Å². The topological polar surface area (TPSA) is 75.8 Å². The summed E-state index contributed by atoms with van der Waals surface area (Å²) in [5.74, 6) is 0.349. The van der Waals surface area contributed by atoms with Gasteiger partial charge in [-0.05, 0) is 73.6 Å². The average molecular weight is 352 g/mol. The Kier molecular flexibility index (Phi) is 4.55. The molecule has 5 heteroatoms. The summed E-state index contributed by atoms with van der Waals surface area (Å²) in [4.78, 5) is 13.8. The molecule has 2 aromatic carbocycles. The smallest absolute Gasteiger partial charge is 0.337 e. The van der Waals surface area contributed by atoms with Gasteiger partial charge in [0.25, 0.3) is 0 Å². The van der Waals surface area contributed by atoms with Gasteiger partial charge in [-0.1, -0.05) is 6.07 Å². The van der Waals surface area contributed by atoms with E-state index in [1.54, 1.807) is 6.07 Å². The fraction of sp³-hybridized carbons (Fsp3) is 0.381. The molecule has 1 aliphatic heterocycles. The molecule has 0 radical (unpaired) electrons. The summed E-state index contributed by atoms with van der Waals surface area (Å²) in [6.45, 7) is 1.82. The molecule has 4 rings (SSSR count). The van der Waals surface area contributed by atoms with E-state index in [0.717, 1.165) is 56.6 Å². The summed E-state index contributed by atoms with van der Waals surface area (Å²) in [5.41, 5.74) is 9.70. The molecule has 0 aromatic heterocycles. The number of carbonyl (C=O) groups is 1. The lowest BCUT2D eigenvalue weighted by molar-refractivity contribution is 0.0697. The van der Waals surface area contributed by atoms with E-state index >= 15 is 0 Å². The molecular formula is C21H24N2O3. The lowest BCUT2D eigenvalue weighted by Gasteiger charge is -2.22. The molecule has 0 amide bonds. The fourth-order valence-electron chi connectivity index (χ4n) is 3.94. The number of rotatable bonds is 4. The Morgan fingerprint density at radius 1 is 1.08 bits per heavy atom. The maximum atomic E-state index is 11.7. The van der Waals surface area contributed by atoms with Gasteiger partial charge in [-0.25, -0.2) is 4.79 Å². The zero-order chi connectivity index (χ0) is 18.1. The lowest BCUT2D eigenvalue weighted by Crippen LogP contribution is -2.27. The molecule has 26 heavy (non-hydrogen) atoms. The molecule has 3 N–H and O–H groups in total. The van der Waals surface area contributed by atoms with Gasteiger partial charge < -0.3 is 20.5 Å². The Labute approximate surface area is 153 Å². The SMILES string of the molecule is N[C@H]1CCc2ccc(Oc3ccc(N4CCCC4)c(C(=O)O)c3)cc2C1. The van der Waals surface area contributed by atoms with E-state index in [1.807, 2.05) is 24.3 Å². The van der Waals surface area contributed by atoms with Crippen LogP contribution in [-0.2, 0) is 12.8 Å². The number of fused-ring (bicyclic) bond motifs is 1. The Bertz CT molecular complexity index is 828. The number of anilines is 1. The molecule has 136 valence electrons. The minimum absolute atomic E-state index is 0.205. The molecule has 0 unspecified atom stereocenters. The van der Waals surface area contributed by atoms with Gasteiger partial charge in [0, 0.05) is 19.1 Å². The quantitative estimate of drug-likeness (QED) is 0.879. The number of nitrogens with two attached hydrogens (primary N) is 1. The molecular weight excluding hydrogens is 328 g/mol. The summed E-state index contributed by atoms with van der Waals surface area (Å²) in [5, 5.41) is 9.61. The predicted octanol–water partition coefficient (Wildman–Crippen LogP) is 3.59. The Morgan fingerprint density at radius 3 is 2.58 bits per heavy atom. The number of hydrogen-bond donors (Lipinski definition) is 2. The van der Waals surface area contributed by atoms with E-state index < -0.39 is 5.97 Å². The highest BCUT2D eigenvalue weighted by atomic mass is 16.5. The van der Waals surface area contributed by atoms with Crippen LogP contribution in [0.25, 0.3) is 0 Å². The highest BCUT2D eigenvalue weighted by Gasteiger charge is 2.20. The molecule has 1 atom stereocenters. The van der Waals surface area contributed by atoms with E-state index in [9.17, 15) is 9.90 Å². The number of benzene rings is 2. The summed E-state index contributed by atoms with van der Waals surface area (Å²) < 4.78 is 5.97. The van der Waals surface area contributed by atoms with Crippen molar-refractivity contribution in [2.24, 2.45) is 5.73 Å². The molecule has 0 bridgehead atoms. The van der Waals surface area contributed by atoms with Crippen LogP contribution < -0.4 is 15.4 Å². The maximum absolute atomic E-state index is 11.7. The van der Waals surface area contributed by atoms with Gasteiger partial charge in [0.05, 0.1) is 11.3 Å². The molecule has 1 fully saturated rings. The normalized spacial score (nSPS) is 19.3. The van der Waals surface area contributed by atoms with Gasteiger partial charge in [-0.15, -0.1) is 0 Å². The van der Waals surface area contributed by atoms with E-state index in [1.165, 1.54) is 11.1 Å². The van der Waals surface area contributed by atoms with E-state index in [2.05, 4.69) is 11.0 Å². The third-order valence-corrected chi connectivity index (χ3v) is 5.33. The van der Waals surface area contributed by atoms with E-state index in [0.29, 0.717) is 11.3 Å². The van der Waals surface area contributed by atoms with Crippen LogP contribution in [0.2, 0.25) is 0 Å². The first-order valence-electron chi connectivity index (χ1n) is 9.28. The number of carboxylic acids is 1. The Hall–Kier alpha value is -2.53. The van der Waals surface area contributed by atoms with Gasteiger partial charge in [0.2, 0.25) is 0 Å². The van der Waals surface area contributed by atoms with Crippen molar-refractivity contribution in [1.82, 2.24) is 0 Å². The number of nitrogens with zero attached hydrogens (tertiary/aromatic N) is 1. The minimum atomic E-state index is -0.922. The first-order valence-corrected chi connectivity index (χ1v) is 9.28. The number of aromatic carboxylic acids is 1. The Balaban J connectivity index is 1.59. The van der Waals surface area contributed by atoms with E-state index in [4.69, 9.17) is 10.5 Å². The van der Waals surface area contributed by atoms with Crippen molar-refractivity contribution < 1.29 is 14.6 Å². The van der Waals surface area contributed by atoms with Crippen molar-refractivity contribution in [2.45, 2.75) is 38.1 Å². The van der Waals surface area contributed by atoms with Gasteiger partial charge in [0.1, 0.15) is 11.5 Å². The van der Waals surface area contributed by atoms with E-state index in [-0.39, 0.29) is 6.04 Å². The molecule has 1 heterocycles. The zero-order valence-electron chi connectivity index (χ0n) is 14.8. The average Bonchev–Trinajstić information content (AvgIpc) is 3.15. The van der Waals surface area contributed by atoms with Crippen LogP contribution >= 0.6 is 0 Å². The van der Waals surface area contributed by atoms with Crippen molar-refractivity contribution >= 4 is 11.7 Å². The fourth-order valence-corrected chi connectivity index (χ4v) is 3.94. The maximum Gasteiger partial charge on any atom is 0.337 e. The first-order chi connectivity index (χ1) is 12.6. The minimum Gasteiger partial charge on any atom is -0.478 e. The van der Waals surface area contributed by atoms with Gasteiger partial charge in [-0.3, -0.25) is 0 Å². The van der Waals surface area contributed by atoms with Gasteiger partial charge >= 0.3 is 5.97 Å². The Morgan fingerprint density at radius 2 is 1.81 bits per heavy atom. The monoisotopic (exact) mass is 352 g/mol. The number of ether oxygens (including phenoxy) is 1. The highest BCUT2D eigenvalue weighted by molar-refractivity contribution is 5.95. The van der Waals surface area contributed by atoms with Crippen LogP contribution in [0.4, 0.5) is 5.69 Å². The lowest BCUT2D eigenvalue weighted by atomic mass is 9.89. The van der Waals surface area contributed by atoms with Crippen LogP contribution in [0.15, 0.2) is 36.4 Å². The summed E-state index contributed by atoms with van der Waals surface area (Å²) in [6, 6.07) is 11.6. The van der Waals surface area contributed by atoms with Crippen molar-refractivity contribution in [3.8, 4) is 11.5 Å². The second-order valence-corrected chi connectivity index (χ2v) is 7.21. The summed E-state index contributed by atoms with van der Waals surface area (Å²) in [6.07, 6.45) is 5.10. The zero-order valence-corrected chi connectivity index (χ0v) is 14.8. The molecule has 5 nitrogen and oxygen atoms in total. The van der Waals surface area contributed by atoms with Crippen LogP contribution in [0, 0.1) is 0 Å². The molecule has 2 aliphatic rings. The molecule has 0 saturated carbocycles. The largest absolute Gasteiger partial charge is 0.478 e. The van der Waals surface area contributed by atoms with Gasteiger partial charge in [0.15, 0.2) is 0 Å². The second kappa shape index (κ2) is 7.00. The van der Waals surface area contributed by atoms with Crippen molar-refractivity contribution in [3.63, 3.8) is 0 Å². The summed E-state index contributed by atoms with van der Waals surface area (Å²) in [7, 11) is 0. The van der Waals surface area contributed by atoms with Crippen molar-refractivity contribution in [2.75, 3.05) is 18.0 Å². The van der Waals surface area contributed by atoms with Gasteiger partial charge in [-0.2, -0.15) is 0 Å². The number of carboxylic acid groups (broad SMARTS) is 1. The predicted molar refractivity (Wildman–Crippen MR) is 101 cm³/mol. The summed E-state index contributed by atoms with van der Waals surface area (Å²) >= 11 is 0. The highest BCUT2D eigenvalue weighted by Crippen LogP contribution is 2.32. The number of hydrogen-bond acceptors (Lipinski definition) is 4.